The number of aromatic nitrogens is 3. The summed E-state index contributed by atoms with van der Waals surface area (Å²) in [6, 6.07) is 11.2. The van der Waals surface area contributed by atoms with Crippen LogP contribution in [0.25, 0.3) is 11.4 Å². The summed E-state index contributed by atoms with van der Waals surface area (Å²) in [5.41, 5.74) is 3.61. The number of nitrogens with zero attached hydrogens (tertiary/aromatic N) is 2. The molecule has 0 saturated heterocycles. The Morgan fingerprint density at radius 1 is 1.25 bits per heavy atom. The molecule has 1 amide bonds. The maximum absolute atomic E-state index is 12.6. The molecule has 6 nitrogen and oxygen atoms in total. The number of carbonyl (C=O) groups is 1. The summed E-state index contributed by atoms with van der Waals surface area (Å²) in [5.74, 6) is 1.07. The highest BCUT2D eigenvalue weighted by Crippen LogP contribution is 2.32. The van der Waals surface area contributed by atoms with Crippen LogP contribution in [0.3, 0.4) is 0 Å². The average molecular weight is 417 g/mol. The first kappa shape index (κ1) is 20.2. The van der Waals surface area contributed by atoms with Crippen molar-refractivity contribution in [3.05, 3.63) is 52.5 Å². The maximum Gasteiger partial charge on any atom is 0.237 e. The SMILES string of the molecule is COc1ccc(Cl)cc1-c1nc(S[C@H](C)C(=O)Nc2c(C)cccc2C)n[nH]1. The molecule has 2 N–H and O–H groups in total. The summed E-state index contributed by atoms with van der Waals surface area (Å²) in [7, 11) is 1.58. The lowest BCUT2D eigenvalue weighted by Gasteiger charge is -2.14. The molecular weight excluding hydrogens is 396 g/mol. The lowest BCUT2D eigenvalue weighted by molar-refractivity contribution is -0.115. The number of methoxy groups -OCH3 is 1. The predicted molar refractivity (Wildman–Crippen MR) is 113 cm³/mol. The van der Waals surface area contributed by atoms with Crippen molar-refractivity contribution in [1.29, 1.82) is 0 Å². The summed E-state index contributed by atoms with van der Waals surface area (Å²) in [5, 5.41) is 10.8. The summed E-state index contributed by atoms with van der Waals surface area (Å²) >= 11 is 7.36. The molecule has 3 rings (SSSR count). The van der Waals surface area contributed by atoms with E-state index in [-0.39, 0.29) is 11.2 Å². The van der Waals surface area contributed by atoms with Gasteiger partial charge in [0.05, 0.1) is 17.9 Å². The maximum atomic E-state index is 12.6. The van der Waals surface area contributed by atoms with Crippen LogP contribution < -0.4 is 10.1 Å². The molecule has 8 heteroatoms. The molecule has 1 atom stereocenters. The number of amides is 1. The van der Waals surface area contributed by atoms with E-state index in [0.717, 1.165) is 16.8 Å². The number of aryl methyl sites for hydroxylation is 2. The molecular formula is C20H21ClN4O2S. The minimum absolute atomic E-state index is 0.103. The third-order valence-corrected chi connectivity index (χ3v) is 5.46. The highest BCUT2D eigenvalue weighted by Gasteiger charge is 2.19. The van der Waals surface area contributed by atoms with Gasteiger partial charge in [-0.25, -0.2) is 4.98 Å². The van der Waals surface area contributed by atoms with Crippen LogP contribution in [-0.2, 0) is 4.79 Å². The van der Waals surface area contributed by atoms with Gasteiger partial charge >= 0.3 is 0 Å². The highest BCUT2D eigenvalue weighted by molar-refractivity contribution is 8.00. The number of nitrogens with one attached hydrogen (secondary N) is 2. The summed E-state index contributed by atoms with van der Waals surface area (Å²) in [6.07, 6.45) is 0. The number of hydrogen-bond acceptors (Lipinski definition) is 5. The topological polar surface area (TPSA) is 79.9 Å². The summed E-state index contributed by atoms with van der Waals surface area (Å²) in [4.78, 5) is 17.1. The van der Waals surface area contributed by atoms with E-state index >= 15 is 0 Å². The molecule has 0 fully saturated rings. The van der Waals surface area contributed by atoms with Crippen molar-refractivity contribution in [3.8, 4) is 17.1 Å². The van der Waals surface area contributed by atoms with Crippen LogP contribution in [0.5, 0.6) is 5.75 Å². The van der Waals surface area contributed by atoms with E-state index in [1.165, 1.54) is 11.8 Å². The van der Waals surface area contributed by atoms with Gasteiger partial charge in [-0.3, -0.25) is 9.89 Å². The van der Waals surface area contributed by atoms with Crippen molar-refractivity contribution >= 4 is 35.0 Å². The van der Waals surface area contributed by atoms with Gasteiger partial charge < -0.3 is 10.1 Å². The van der Waals surface area contributed by atoms with Crippen molar-refractivity contribution in [2.75, 3.05) is 12.4 Å². The van der Waals surface area contributed by atoms with Gasteiger partial charge in [-0.05, 0) is 50.1 Å². The van der Waals surface area contributed by atoms with E-state index in [1.807, 2.05) is 39.0 Å². The first-order chi connectivity index (χ1) is 13.4. The van der Waals surface area contributed by atoms with Crippen molar-refractivity contribution in [2.45, 2.75) is 31.2 Å². The van der Waals surface area contributed by atoms with Gasteiger partial charge in [0, 0.05) is 10.7 Å². The molecule has 0 aliphatic heterocycles. The molecule has 1 heterocycles. The van der Waals surface area contributed by atoms with Crippen molar-refractivity contribution < 1.29 is 9.53 Å². The van der Waals surface area contributed by atoms with Crippen LogP contribution in [-0.4, -0.2) is 33.4 Å². The Morgan fingerprint density at radius 3 is 2.64 bits per heavy atom. The lowest BCUT2D eigenvalue weighted by atomic mass is 10.1. The molecule has 0 spiro atoms. The molecule has 0 aliphatic rings. The third kappa shape index (κ3) is 4.48. The second-order valence-electron chi connectivity index (χ2n) is 6.33. The van der Waals surface area contributed by atoms with Crippen LogP contribution in [0.2, 0.25) is 5.02 Å². The Balaban J connectivity index is 1.73. The molecule has 0 unspecified atom stereocenters. The predicted octanol–water partition coefficient (Wildman–Crippen LogP) is 4.87. The first-order valence-corrected chi connectivity index (χ1v) is 9.95. The van der Waals surface area contributed by atoms with Gasteiger partial charge in [-0.1, -0.05) is 41.6 Å². The largest absolute Gasteiger partial charge is 0.496 e. The Labute approximate surface area is 173 Å². The molecule has 0 radical (unpaired) electrons. The van der Waals surface area contributed by atoms with Gasteiger partial charge in [0.15, 0.2) is 5.82 Å². The van der Waals surface area contributed by atoms with Crippen LogP contribution in [0.1, 0.15) is 18.1 Å². The number of aromatic amines is 1. The molecule has 0 aliphatic carbocycles. The van der Waals surface area contributed by atoms with Crippen molar-refractivity contribution in [1.82, 2.24) is 15.2 Å². The van der Waals surface area contributed by atoms with Gasteiger partial charge in [-0.15, -0.1) is 5.10 Å². The monoisotopic (exact) mass is 416 g/mol. The molecule has 0 bridgehead atoms. The fourth-order valence-corrected chi connectivity index (χ4v) is 3.63. The number of benzene rings is 2. The van der Waals surface area contributed by atoms with Crippen LogP contribution in [0.15, 0.2) is 41.6 Å². The molecule has 3 aromatic rings. The number of para-hydroxylation sites is 1. The second kappa shape index (κ2) is 8.67. The van der Waals surface area contributed by atoms with Crippen LogP contribution in [0, 0.1) is 13.8 Å². The van der Waals surface area contributed by atoms with E-state index in [9.17, 15) is 4.79 Å². The van der Waals surface area contributed by atoms with Crippen LogP contribution >= 0.6 is 23.4 Å². The Hall–Kier alpha value is -2.51. The lowest BCUT2D eigenvalue weighted by Crippen LogP contribution is -2.23. The van der Waals surface area contributed by atoms with E-state index in [1.54, 1.807) is 25.3 Å². The number of carbonyl (C=O) groups excluding carboxylic acids is 1. The number of H-pyrrole nitrogens is 1. The standard InChI is InChI=1S/C20H21ClN4O2S/c1-11-6-5-7-12(2)17(11)22-19(26)13(3)28-20-23-18(24-25-20)15-10-14(21)8-9-16(15)27-4/h5-10,13H,1-4H3,(H,22,26)(H,23,24,25)/t13-/m1/s1. The van der Waals surface area contributed by atoms with Gasteiger partial charge in [0.1, 0.15) is 5.75 Å². The molecule has 2 aromatic carbocycles. The fourth-order valence-electron chi connectivity index (χ4n) is 2.73. The second-order valence-corrected chi connectivity index (χ2v) is 8.07. The number of ether oxygens (including phenoxy) is 1. The van der Waals surface area contributed by atoms with E-state index < -0.39 is 0 Å². The van der Waals surface area contributed by atoms with E-state index in [4.69, 9.17) is 16.3 Å². The van der Waals surface area contributed by atoms with E-state index in [2.05, 4.69) is 20.5 Å². The minimum Gasteiger partial charge on any atom is -0.496 e. The Kier molecular flexibility index (Phi) is 6.26. The quantitative estimate of drug-likeness (QED) is 0.560. The average Bonchev–Trinajstić information content (AvgIpc) is 3.13. The van der Waals surface area contributed by atoms with Crippen molar-refractivity contribution in [3.63, 3.8) is 0 Å². The zero-order chi connectivity index (χ0) is 20.3. The Morgan fingerprint density at radius 2 is 1.96 bits per heavy atom. The van der Waals surface area contributed by atoms with E-state index in [0.29, 0.717) is 27.3 Å². The number of hydrogen-bond donors (Lipinski definition) is 2. The minimum atomic E-state index is -0.371. The summed E-state index contributed by atoms with van der Waals surface area (Å²) < 4.78 is 5.35. The number of rotatable bonds is 6. The smallest absolute Gasteiger partial charge is 0.237 e. The third-order valence-electron chi connectivity index (χ3n) is 4.26. The first-order valence-electron chi connectivity index (χ1n) is 8.69. The highest BCUT2D eigenvalue weighted by atomic mass is 35.5. The van der Waals surface area contributed by atoms with Gasteiger partial charge in [-0.2, -0.15) is 0 Å². The zero-order valence-corrected chi connectivity index (χ0v) is 17.6. The molecule has 0 saturated carbocycles. The fraction of sp³-hybridized carbons (Fsp3) is 0.250. The number of anilines is 1. The normalized spacial score (nSPS) is 11.9. The zero-order valence-electron chi connectivity index (χ0n) is 16.0. The molecule has 28 heavy (non-hydrogen) atoms. The summed E-state index contributed by atoms with van der Waals surface area (Å²) in [6.45, 7) is 5.77. The van der Waals surface area contributed by atoms with Crippen molar-refractivity contribution in [2.24, 2.45) is 0 Å². The molecule has 1 aromatic heterocycles. The van der Waals surface area contributed by atoms with Gasteiger partial charge in [0.2, 0.25) is 11.1 Å². The number of halogens is 1. The van der Waals surface area contributed by atoms with Crippen LogP contribution in [0.4, 0.5) is 5.69 Å². The van der Waals surface area contributed by atoms with Gasteiger partial charge in [0.25, 0.3) is 0 Å². The molecule has 146 valence electrons. The Bertz CT molecular complexity index is 985. The number of thioether (sulfide) groups is 1.